The van der Waals surface area contributed by atoms with Crippen LogP contribution in [-0.4, -0.2) is 50.3 Å². The molecule has 0 aliphatic carbocycles. The van der Waals surface area contributed by atoms with Gasteiger partial charge in [0.05, 0.1) is 13.2 Å². The van der Waals surface area contributed by atoms with Crippen molar-refractivity contribution in [3.63, 3.8) is 0 Å². The average Bonchev–Trinajstić information content (AvgIpc) is 2.22. The van der Waals surface area contributed by atoms with Gasteiger partial charge in [-0.05, 0) is 32.1 Å². The second kappa shape index (κ2) is 9.87. The number of hydrogen-bond acceptors (Lipinski definition) is 4. The van der Waals surface area contributed by atoms with Crippen molar-refractivity contribution in [2.45, 2.75) is 6.92 Å². The molecule has 0 aromatic rings. The molecule has 0 fully saturated rings. The van der Waals surface area contributed by atoms with E-state index in [0.717, 1.165) is 19.7 Å². The molecular formula is C10H18N2O2S. The monoisotopic (exact) mass is 230 g/mol. The van der Waals surface area contributed by atoms with Gasteiger partial charge >= 0.3 is 0 Å². The summed E-state index contributed by atoms with van der Waals surface area (Å²) in [6, 6.07) is 0. The summed E-state index contributed by atoms with van der Waals surface area (Å²) in [4.78, 5) is 7.65. The first-order chi connectivity index (χ1) is 7.20. The normalized spacial score (nSPS) is 9.60. The van der Waals surface area contributed by atoms with Gasteiger partial charge in [-0.3, -0.25) is 4.84 Å². The van der Waals surface area contributed by atoms with Gasteiger partial charge in [0.25, 0.3) is 0 Å². The molecule has 5 heteroatoms. The molecular weight excluding hydrogens is 212 g/mol. The maximum absolute atomic E-state index is 5.12. The fourth-order valence-corrected chi connectivity index (χ4v) is 0.977. The standard InChI is InChI=1S/C10H18N2O2S/c1-4-5-10(15)11-14-9-7-12(2)6-8-13-3/h6-9H2,1-3H3,(H,11,15). The number of rotatable bonds is 7. The lowest BCUT2D eigenvalue weighted by Gasteiger charge is -2.15. The number of thiocarbonyl (C=S) groups is 1. The zero-order chi connectivity index (χ0) is 11.5. The molecule has 4 nitrogen and oxygen atoms in total. The summed E-state index contributed by atoms with van der Waals surface area (Å²) in [6.45, 7) is 4.72. The van der Waals surface area contributed by atoms with Crippen LogP contribution in [0.4, 0.5) is 0 Å². The lowest BCUT2D eigenvalue weighted by molar-refractivity contribution is 0.0646. The molecule has 0 aromatic heterocycles. The zero-order valence-corrected chi connectivity index (χ0v) is 10.3. The van der Waals surface area contributed by atoms with Crippen LogP contribution in [-0.2, 0) is 9.57 Å². The van der Waals surface area contributed by atoms with E-state index in [1.54, 1.807) is 14.0 Å². The third-order valence-electron chi connectivity index (χ3n) is 1.66. The largest absolute Gasteiger partial charge is 0.383 e. The van der Waals surface area contributed by atoms with Gasteiger partial charge in [-0.15, -0.1) is 0 Å². The van der Waals surface area contributed by atoms with Crippen LogP contribution >= 0.6 is 12.2 Å². The Morgan fingerprint density at radius 3 is 2.67 bits per heavy atom. The van der Waals surface area contributed by atoms with Crippen molar-refractivity contribution in [3.8, 4) is 11.8 Å². The van der Waals surface area contributed by atoms with E-state index in [2.05, 4.69) is 22.2 Å². The average molecular weight is 230 g/mol. The fraction of sp³-hybridized carbons (Fsp3) is 0.700. The second-order valence-corrected chi connectivity index (χ2v) is 3.36. The lowest BCUT2D eigenvalue weighted by atomic mass is 10.5. The van der Waals surface area contributed by atoms with Gasteiger partial charge in [0.2, 0.25) is 0 Å². The van der Waals surface area contributed by atoms with Gasteiger partial charge in [0.15, 0.2) is 4.99 Å². The van der Waals surface area contributed by atoms with Crippen molar-refractivity contribution in [3.05, 3.63) is 0 Å². The molecule has 86 valence electrons. The second-order valence-electron chi connectivity index (χ2n) is 2.95. The van der Waals surface area contributed by atoms with E-state index in [9.17, 15) is 0 Å². The van der Waals surface area contributed by atoms with Crippen LogP contribution in [0.5, 0.6) is 0 Å². The van der Waals surface area contributed by atoms with Crippen LogP contribution in [0, 0.1) is 11.8 Å². The Hall–Kier alpha value is -0.670. The third-order valence-corrected chi connectivity index (χ3v) is 1.84. The van der Waals surface area contributed by atoms with Crippen molar-refractivity contribution < 1.29 is 9.57 Å². The molecule has 1 N–H and O–H groups in total. The van der Waals surface area contributed by atoms with E-state index in [-0.39, 0.29) is 0 Å². The Balaban J connectivity index is 3.36. The Labute approximate surface area is 96.9 Å². The molecule has 0 aromatic carbocycles. The molecule has 0 radical (unpaired) electrons. The minimum Gasteiger partial charge on any atom is -0.383 e. The Morgan fingerprint density at radius 2 is 2.07 bits per heavy atom. The predicted molar refractivity (Wildman–Crippen MR) is 64.5 cm³/mol. The molecule has 0 heterocycles. The Morgan fingerprint density at radius 1 is 1.40 bits per heavy atom. The van der Waals surface area contributed by atoms with Gasteiger partial charge in [0, 0.05) is 20.2 Å². The zero-order valence-electron chi connectivity index (χ0n) is 9.50. The SMILES string of the molecule is CC#CC(=S)NOCCN(C)CCOC. The molecule has 0 bridgehead atoms. The summed E-state index contributed by atoms with van der Waals surface area (Å²) in [7, 11) is 3.69. The summed E-state index contributed by atoms with van der Waals surface area (Å²) in [5.41, 5.74) is 2.59. The number of ether oxygens (including phenoxy) is 1. The van der Waals surface area contributed by atoms with Gasteiger partial charge in [-0.25, -0.2) is 5.48 Å². The maximum Gasteiger partial charge on any atom is 0.174 e. The Kier molecular flexibility index (Phi) is 9.43. The number of likely N-dealkylation sites (N-methyl/N-ethyl adjacent to an activating group) is 1. The molecule has 0 spiro atoms. The highest BCUT2D eigenvalue weighted by Gasteiger charge is 1.97. The fourth-order valence-electron chi connectivity index (χ4n) is 0.816. The smallest absolute Gasteiger partial charge is 0.174 e. The molecule has 0 rings (SSSR count). The topological polar surface area (TPSA) is 33.7 Å². The molecule has 0 aliphatic rings. The summed E-state index contributed by atoms with van der Waals surface area (Å²) < 4.78 is 4.95. The van der Waals surface area contributed by atoms with E-state index in [4.69, 9.17) is 21.8 Å². The molecule has 0 saturated heterocycles. The maximum atomic E-state index is 5.12. The van der Waals surface area contributed by atoms with Crippen LogP contribution in [0.25, 0.3) is 0 Å². The number of hydroxylamine groups is 1. The molecule has 15 heavy (non-hydrogen) atoms. The summed E-state index contributed by atoms with van der Waals surface area (Å²) in [6.07, 6.45) is 0. The lowest BCUT2D eigenvalue weighted by Crippen LogP contribution is -2.30. The van der Waals surface area contributed by atoms with Crippen molar-refractivity contribution in [2.24, 2.45) is 0 Å². The van der Waals surface area contributed by atoms with E-state index in [1.165, 1.54) is 0 Å². The molecule has 0 aliphatic heterocycles. The van der Waals surface area contributed by atoms with Gasteiger partial charge in [-0.2, -0.15) is 0 Å². The Bertz CT molecular complexity index is 235. The number of nitrogens with zero attached hydrogens (tertiary/aromatic N) is 1. The minimum atomic E-state index is 0.414. The molecule has 0 unspecified atom stereocenters. The quantitative estimate of drug-likeness (QED) is 0.297. The van der Waals surface area contributed by atoms with E-state index >= 15 is 0 Å². The number of methoxy groups -OCH3 is 1. The van der Waals surface area contributed by atoms with Crippen molar-refractivity contribution in [1.82, 2.24) is 10.4 Å². The molecule has 0 amide bonds. The predicted octanol–water partition coefficient (Wildman–Crippen LogP) is 0.436. The van der Waals surface area contributed by atoms with Crippen molar-refractivity contribution in [1.29, 1.82) is 0 Å². The van der Waals surface area contributed by atoms with Crippen LogP contribution < -0.4 is 5.48 Å². The number of hydrogen-bond donors (Lipinski definition) is 1. The van der Waals surface area contributed by atoms with Crippen LogP contribution in [0.3, 0.4) is 0 Å². The first-order valence-corrected chi connectivity index (χ1v) is 5.13. The van der Waals surface area contributed by atoms with Crippen LogP contribution in [0.1, 0.15) is 6.92 Å². The van der Waals surface area contributed by atoms with Gasteiger partial charge in [-0.1, -0.05) is 5.92 Å². The highest BCUT2D eigenvalue weighted by molar-refractivity contribution is 7.80. The number of nitrogens with one attached hydrogen (secondary N) is 1. The first-order valence-electron chi connectivity index (χ1n) is 4.72. The summed E-state index contributed by atoms with van der Waals surface area (Å²) in [5.74, 6) is 5.36. The van der Waals surface area contributed by atoms with E-state index < -0.39 is 0 Å². The summed E-state index contributed by atoms with van der Waals surface area (Å²) in [5, 5.41) is 0. The van der Waals surface area contributed by atoms with E-state index in [1.807, 2.05) is 7.05 Å². The van der Waals surface area contributed by atoms with E-state index in [0.29, 0.717) is 11.6 Å². The minimum absolute atomic E-state index is 0.414. The first kappa shape index (κ1) is 14.3. The van der Waals surface area contributed by atoms with Crippen LogP contribution in [0.15, 0.2) is 0 Å². The van der Waals surface area contributed by atoms with Crippen molar-refractivity contribution >= 4 is 17.2 Å². The van der Waals surface area contributed by atoms with Gasteiger partial charge < -0.3 is 9.64 Å². The van der Waals surface area contributed by atoms with Crippen molar-refractivity contribution in [2.75, 3.05) is 40.5 Å². The molecule has 0 atom stereocenters. The van der Waals surface area contributed by atoms with Gasteiger partial charge in [0.1, 0.15) is 0 Å². The summed E-state index contributed by atoms with van der Waals surface area (Å²) >= 11 is 4.86. The highest BCUT2D eigenvalue weighted by Crippen LogP contribution is 1.82. The molecule has 0 saturated carbocycles. The highest BCUT2D eigenvalue weighted by atomic mass is 32.1. The van der Waals surface area contributed by atoms with Crippen LogP contribution in [0.2, 0.25) is 0 Å². The third kappa shape index (κ3) is 9.63.